The van der Waals surface area contributed by atoms with Crippen LogP contribution in [0, 0.1) is 17.3 Å². The molecule has 32 heavy (non-hydrogen) atoms. The molecule has 0 radical (unpaired) electrons. The van der Waals surface area contributed by atoms with Gasteiger partial charge in [-0.3, -0.25) is 0 Å². The van der Waals surface area contributed by atoms with Crippen molar-refractivity contribution in [1.82, 2.24) is 0 Å². The van der Waals surface area contributed by atoms with Gasteiger partial charge in [0.25, 0.3) is 0 Å². The van der Waals surface area contributed by atoms with Crippen LogP contribution in [0.15, 0.2) is 30.3 Å². The molecule has 0 N–H and O–H groups in total. The first-order valence-corrected chi connectivity index (χ1v) is 16.0. The topological polar surface area (TPSA) is 78.9 Å². The van der Waals surface area contributed by atoms with Gasteiger partial charge in [-0.25, -0.2) is 0 Å². The van der Waals surface area contributed by atoms with Crippen LogP contribution in [0.1, 0.15) is 34.6 Å². The summed E-state index contributed by atoms with van der Waals surface area (Å²) in [6.07, 6.45) is 0. The molecule has 0 amide bonds. The fourth-order valence-corrected chi connectivity index (χ4v) is 16.9. The van der Waals surface area contributed by atoms with Gasteiger partial charge in [0.05, 0.1) is 0 Å². The first kappa shape index (κ1) is 26.6. The van der Waals surface area contributed by atoms with Crippen molar-refractivity contribution in [2.24, 2.45) is 17.3 Å². The van der Waals surface area contributed by atoms with Gasteiger partial charge in [0.1, 0.15) is 0 Å². The molecule has 1 fully saturated rings. The number of hydrogen-bond acceptors (Lipinski definition) is 6. The van der Waals surface area contributed by atoms with Gasteiger partial charge in [-0.05, 0) is 0 Å². The van der Waals surface area contributed by atoms with Crippen LogP contribution in [0.4, 0.5) is 0 Å². The number of ether oxygens (including phenoxy) is 3. The molecule has 0 aliphatic heterocycles. The Balaban J connectivity index is 2.69. The van der Waals surface area contributed by atoms with Gasteiger partial charge >= 0.3 is 199 Å². The van der Waals surface area contributed by atoms with Crippen LogP contribution in [0.5, 0.6) is 0 Å². The van der Waals surface area contributed by atoms with Crippen molar-refractivity contribution in [2.45, 2.75) is 57.2 Å². The Morgan fingerprint density at radius 2 is 1.44 bits per heavy atom. The van der Waals surface area contributed by atoms with E-state index in [0.717, 1.165) is 18.1 Å². The average molecular weight is 528 g/mol. The predicted molar refractivity (Wildman–Crippen MR) is 127 cm³/mol. The summed E-state index contributed by atoms with van der Waals surface area (Å²) in [7, 11) is -0.647. The molecule has 2 rings (SSSR count). The van der Waals surface area contributed by atoms with E-state index in [4.69, 9.17) is 14.2 Å². The Kier molecular flexibility index (Phi) is 9.55. The molecule has 0 heterocycles. The molecule has 3 atom stereocenters. The molecular formula is C24H36O6SeSi. The van der Waals surface area contributed by atoms with E-state index in [1.165, 1.54) is 11.6 Å². The average Bonchev–Trinajstić information content (AvgIpc) is 3.51. The molecule has 6 nitrogen and oxygen atoms in total. The van der Waals surface area contributed by atoms with Crippen LogP contribution in [0.3, 0.4) is 0 Å². The normalized spacial score (nSPS) is 20.2. The standard InChI is InChI=1S/C24H36O6SeSi/c1-7-29-22(26)24(23(27)30-8-2)18(20(25)28-6)19(24)21(32(9-3,10-4)11-5)31-17-15-13-12-14-16-17/h12-16,18-19,21H,7-11H2,1-6H3/t18-,19+,21+/m1/s1. The van der Waals surface area contributed by atoms with Gasteiger partial charge in [-0.2, -0.15) is 0 Å². The summed E-state index contributed by atoms with van der Waals surface area (Å²) >= 11 is -0.0206. The summed E-state index contributed by atoms with van der Waals surface area (Å²) in [5.41, 5.74) is -1.61. The minimum atomic E-state index is -1.95. The fourth-order valence-electron chi connectivity index (χ4n) is 4.98. The van der Waals surface area contributed by atoms with Crippen molar-refractivity contribution in [3.63, 3.8) is 0 Å². The van der Waals surface area contributed by atoms with E-state index in [2.05, 4.69) is 32.9 Å². The van der Waals surface area contributed by atoms with Crippen molar-refractivity contribution in [3.05, 3.63) is 30.3 Å². The molecule has 0 unspecified atom stereocenters. The molecule has 1 saturated carbocycles. The van der Waals surface area contributed by atoms with Gasteiger partial charge < -0.3 is 0 Å². The van der Waals surface area contributed by atoms with E-state index in [1.807, 2.05) is 18.2 Å². The maximum atomic E-state index is 13.3. The summed E-state index contributed by atoms with van der Waals surface area (Å²) in [6, 6.07) is 13.3. The first-order chi connectivity index (χ1) is 15.3. The second kappa shape index (κ2) is 11.5. The zero-order chi connectivity index (χ0) is 23.9. The minimum absolute atomic E-state index is 0.0206. The molecule has 1 aliphatic rings. The number of rotatable bonds is 12. The fraction of sp³-hybridized carbons (Fsp3) is 0.625. The zero-order valence-electron chi connectivity index (χ0n) is 20.0. The van der Waals surface area contributed by atoms with E-state index in [-0.39, 0.29) is 32.6 Å². The van der Waals surface area contributed by atoms with Gasteiger partial charge in [-0.1, -0.05) is 0 Å². The van der Waals surface area contributed by atoms with E-state index < -0.39 is 43.2 Å². The summed E-state index contributed by atoms with van der Waals surface area (Å²) in [5, 5.41) is 0. The van der Waals surface area contributed by atoms with Crippen molar-refractivity contribution < 1.29 is 28.6 Å². The Labute approximate surface area is 198 Å². The second-order valence-electron chi connectivity index (χ2n) is 8.11. The first-order valence-electron chi connectivity index (χ1n) is 11.5. The maximum absolute atomic E-state index is 13.3. The zero-order valence-corrected chi connectivity index (χ0v) is 22.7. The van der Waals surface area contributed by atoms with Gasteiger partial charge in [0.2, 0.25) is 0 Å². The number of esters is 3. The van der Waals surface area contributed by atoms with Gasteiger partial charge in [0.15, 0.2) is 0 Å². The van der Waals surface area contributed by atoms with E-state index in [1.54, 1.807) is 13.8 Å². The summed E-state index contributed by atoms with van der Waals surface area (Å²) < 4.78 is 17.2. The Morgan fingerprint density at radius 3 is 1.84 bits per heavy atom. The van der Waals surface area contributed by atoms with Gasteiger partial charge in [0, 0.05) is 0 Å². The number of hydrogen-bond donors (Lipinski definition) is 0. The van der Waals surface area contributed by atoms with Crippen molar-refractivity contribution in [2.75, 3.05) is 20.3 Å². The molecule has 0 bridgehead atoms. The van der Waals surface area contributed by atoms with Crippen LogP contribution >= 0.6 is 0 Å². The third kappa shape index (κ3) is 4.68. The van der Waals surface area contributed by atoms with E-state index >= 15 is 0 Å². The van der Waals surface area contributed by atoms with Crippen LogP contribution in [0.2, 0.25) is 22.6 Å². The molecule has 0 aromatic heterocycles. The molecule has 1 aliphatic carbocycles. The molecule has 8 heteroatoms. The summed E-state index contributed by atoms with van der Waals surface area (Å²) in [4.78, 5) is 39.6. The van der Waals surface area contributed by atoms with E-state index in [9.17, 15) is 14.4 Å². The number of carbonyl (C=O) groups is 3. The third-order valence-electron chi connectivity index (χ3n) is 7.00. The molecular weight excluding hydrogens is 491 g/mol. The van der Waals surface area contributed by atoms with Crippen LogP contribution in [-0.2, 0) is 28.6 Å². The summed E-state index contributed by atoms with van der Waals surface area (Å²) in [6.45, 7) is 10.3. The quantitative estimate of drug-likeness (QED) is 0.180. The van der Waals surface area contributed by atoms with Gasteiger partial charge in [-0.15, -0.1) is 0 Å². The molecule has 0 spiro atoms. The molecule has 1 aromatic carbocycles. The molecule has 0 saturated heterocycles. The number of carbonyl (C=O) groups excluding carboxylic acids is 3. The number of benzene rings is 1. The van der Waals surface area contributed by atoms with Crippen molar-refractivity contribution in [1.29, 1.82) is 0 Å². The van der Waals surface area contributed by atoms with Crippen LogP contribution in [0.25, 0.3) is 0 Å². The molecule has 178 valence electrons. The Bertz CT molecular complexity index is 769. The molecule has 1 aromatic rings. The second-order valence-corrected chi connectivity index (χ2v) is 17.1. The predicted octanol–water partition coefficient (Wildman–Crippen LogP) is 3.38. The third-order valence-corrected chi connectivity index (χ3v) is 18.8. The van der Waals surface area contributed by atoms with Crippen LogP contribution in [-0.4, -0.2) is 61.3 Å². The Hall–Kier alpha value is -1.63. The van der Waals surface area contributed by atoms with Crippen molar-refractivity contribution >= 4 is 45.4 Å². The van der Waals surface area contributed by atoms with Crippen molar-refractivity contribution in [3.8, 4) is 0 Å². The van der Waals surface area contributed by atoms with Crippen LogP contribution < -0.4 is 4.46 Å². The summed E-state index contributed by atoms with van der Waals surface area (Å²) in [5.74, 6) is -3.16. The monoisotopic (exact) mass is 528 g/mol. The SMILES string of the molecule is CCOC(=O)C1(C(=O)OCC)[C@H]([C@@H]([Se]c2ccccc2)[Si](CC)(CC)CC)[C@@H]1C(=O)OC. The van der Waals surface area contributed by atoms with E-state index in [0.29, 0.717) is 0 Å². The Morgan fingerprint density at radius 1 is 0.938 bits per heavy atom. The number of methoxy groups -OCH3 is 1.